The maximum atomic E-state index is 11.6. The molecule has 0 saturated carbocycles. The molecule has 3 aromatic rings. The molecule has 6 nitrogen and oxygen atoms in total. The summed E-state index contributed by atoms with van der Waals surface area (Å²) in [7, 11) is 0. The van der Waals surface area contributed by atoms with E-state index in [1.165, 1.54) is 6.20 Å². The lowest BCUT2D eigenvalue weighted by molar-refractivity contribution is 0.100. The lowest BCUT2D eigenvalue weighted by atomic mass is 10.2. The van der Waals surface area contributed by atoms with Gasteiger partial charge in [-0.1, -0.05) is 18.2 Å². The number of nitrogens with one attached hydrogen (secondary N) is 1. The van der Waals surface area contributed by atoms with Crippen molar-refractivity contribution in [2.45, 2.75) is 6.54 Å². The van der Waals surface area contributed by atoms with E-state index in [1.54, 1.807) is 17.1 Å². The van der Waals surface area contributed by atoms with Crippen LogP contribution in [0.25, 0.3) is 5.69 Å². The zero-order valence-electron chi connectivity index (χ0n) is 11.8. The minimum atomic E-state index is -0.514. The van der Waals surface area contributed by atoms with Gasteiger partial charge in [-0.25, -0.2) is 4.68 Å². The van der Waals surface area contributed by atoms with Gasteiger partial charge in [0.15, 0.2) is 0 Å². The van der Waals surface area contributed by atoms with Gasteiger partial charge in [0.1, 0.15) is 11.4 Å². The Morgan fingerprint density at radius 3 is 2.55 bits per heavy atom. The van der Waals surface area contributed by atoms with Gasteiger partial charge in [-0.3, -0.25) is 9.78 Å². The predicted molar refractivity (Wildman–Crippen MR) is 83.6 cm³/mol. The van der Waals surface area contributed by atoms with E-state index in [0.717, 1.165) is 11.3 Å². The number of primary amides is 1. The number of amides is 1. The Labute approximate surface area is 127 Å². The fourth-order valence-corrected chi connectivity index (χ4v) is 2.15. The summed E-state index contributed by atoms with van der Waals surface area (Å²) >= 11 is 0. The van der Waals surface area contributed by atoms with Crippen LogP contribution in [0.3, 0.4) is 0 Å². The Bertz CT molecular complexity index is 768. The van der Waals surface area contributed by atoms with Crippen molar-refractivity contribution in [3.63, 3.8) is 0 Å². The molecule has 0 radical (unpaired) electrons. The van der Waals surface area contributed by atoms with Crippen molar-refractivity contribution in [2.24, 2.45) is 5.73 Å². The number of pyridine rings is 1. The van der Waals surface area contributed by atoms with Crippen molar-refractivity contribution in [3.05, 3.63) is 72.2 Å². The molecule has 0 unspecified atom stereocenters. The van der Waals surface area contributed by atoms with E-state index in [1.807, 2.05) is 42.5 Å². The standard InChI is InChI=1S/C16H15N5O/c17-15(22)14-11-20-21(13-4-2-1-3-5-13)16(14)19-10-12-6-8-18-9-7-12/h1-9,11,19H,10H2,(H2,17,22). The first-order valence-electron chi connectivity index (χ1n) is 6.82. The van der Waals surface area contributed by atoms with Crippen LogP contribution in [0.15, 0.2) is 61.1 Å². The number of hydrogen-bond donors (Lipinski definition) is 2. The quantitative estimate of drug-likeness (QED) is 0.753. The van der Waals surface area contributed by atoms with Crippen molar-refractivity contribution in [2.75, 3.05) is 5.32 Å². The normalized spacial score (nSPS) is 10.4. The highest BCUT2D eigenvalue weighted by Crippen LogP contribution is 2.20. The van der Waals surface area contributed by atoms with E-state index in [9.17, 15) is 4.79 Å². The minimum absolute atomic E-state index is 0.359. The van der Waals surface area contributed by atoms with Gasteiger partial charge in [-0.05, 0) is 29.8 Å². The lowest BCUT2D eigenvalue weighted by Gasteiger charge is -2.11. The molecule has 2 aromatic heterocycles. The van der Waals surface area contributed by atoms with Gasteiger partial charge >= 0.3 is 0 Å². The first-order valence-corrected chi connectivity index (χ1v) is 6.82. The third-order valence-electron chi connectivity index (χ3n) is 3.24. The molecule has 0 saturated heterocycles. The molecular formula is C16H15N5O. The van der Waals surface area contributed by atoms with Crippen LogP contribution in [0, 0.1) is 0 Å². The summed E-state index contributed by atoms with van der Waals surface area (Å²) in [5.41, 5.74) is 7.69. The zero-order chi connectivity index (χ0) is 15.4. The van der Waals surface area contributed by atoms with Crippen LogP contribution in [0.1, 0.15) is 15.9 Å². The summed E-state index contributed by atoms with van der Waals surface area (Å²) in [6.07, 6.45) is 4.92. The van der Waals surface area contributed by atoms with Crippen LogP contribution in [0.4, 0.5) is 5.82 Å². The Balaban J connectivity index is 1.94. The number of benzene rings is 1. The van der Waals surface area contributed by atoms with Crippen LogP contribution in [-0.2, 0) is 6.54 Å². The molecule has 3 N–H and O–H groups in total. The van der Waals surface area contributed by atoms with Gasteiger partial charge in [0.05, 0.1) is 11.9 Å². The molecule has 2 heterocycles. The second kappa shape index (κ2) is 6.09. The largest absolute Gasteiger partial charge is 0.365 e. The molecule has 0 spiro atoms. The number of hydrogen-bond acceptors (Lipinski definition) is 4. The first kappa shape index (κ1) is 13.8. The minimum Gasteiger partial charge on any atom is -0.365 e. The summed E-state index contributed by atoms with van der Waals surface area (Å²) in [6.45, 7) is 0.543. The monoisotopic (exact) mass is 293 g/mol. The number of rotatable bonds is 5. The van der Waals surface area contributed by atoms with Gasteiger partial charge in [0.25, 0.3) is 5.91 Å². The molecule has 0 fully saturated rings. The predicted octanol–water partition coefficient (Wildman–Crippen LogP) is 1.98. The number of anilines is 1. The van der Waals surface area contributed by atoms with Crippen LogP contribution in [0.2, 0.25) is 0 Å². The highest BCUT2D eigenvalue weighted by molar-refractivity contribution is 5.97. The molecule has 0 aliphatic rings. The van der Waals surface area contributed by atoms with Crippen molar-refractivity contribution in [3.8, 4) is 5.69 Å². The Hall–Kier alpha value is -3.15. The van der Waals surface area contributed by atoms with Crippen LogP contribution in [0.5, 0.6) is 0 Å². The molecule has 0 bridgehead atoms. The number of carbonyl (C=O) groups is 1. The zero-order valence-corrected chi connectivity index (χ0v) is 11.8. The molecular weight excluding hydrogens is 278 g/mol. The number of nitrogens with two attached hydrogens (primary N) is 1. The Kier molecular flexibility index (Phi) is 3.82. The van der Waals surface area contributed by atoms with Gasteiger partial charge in [0.2, 0.25) is 0 Å². The highest BCUT2D eigenvalue weighted by atomic mass is 16.1. The van der Waals surface area contributed by atoms with E-state index < -0.39 is 5.91 Å². The van der Waals surface area contributed by atoms with E-state index >= 15 is 0 Å². The van der Waals surface area contributed by atoms with Crippen LogP contribution < -0.4 is 11.1 Å². The molecule has 0 aliphatic heterocycles. The van der Waals surface area contributed by atoms with Crippen molar-refractivity contribution in [1.82, 2.24) is 14.8 Å². The van der Waals surface area contributed by atoms with Gasteiger partial charge < -0.3 is 11.1 Å². The third-order valence-corrected chi connectivity index (χ3v) is 3.24. The summed E-state index contributed by atoms with van der Waals surface area (Å²) in [4.78, 5) is 15.6. The smallest absolute Gasteiger partial charge is 0.254 e. The highest BCUT2D eigenvalue weighted by Gasteiger charge is 2.16. The van der Waals surface area contributed by atoms with Gasteiger partial charge in [0, 0.05) is 18.9 Å². The Morgan fingerprint density at radius 1 is 1.14 bits per heavy atom. The van der Waals surface area contributed by atoms with Gasteiger partial charge in [-0.2, -0.15) is 5.10 Å². The molecule has 0 aliphatic carbocycles. The summed E-state index contributed by atoms with van der Waals surface area (Å²) < 4.78 is 1.67. The summed E-state index contributed by atoms with van der Waals surface area (Å²) in [5.74, 6) is 0.0647. The van der Waals surface area contributed by atoms with E-state index in [2.05, 4.69) is 15.4 Å². The van der Waals surface area contributed by atoms with E-state index in [-0.39, 0.29) is 0 Å². The van der Waals surface area contributed by atoms with Gasteiger partial charge in [-0.15, -0.1) is 0 Å². The SMILES string of the molecule is NC(=O)c1cnn(-c2ccccc2)c1NCc1ccncc1. The molecule has 6 heteroatoms. The number of aromatic nitrogens is 3. The van der Waals surface area contributed by atoms with E-state index in [4.69, 9.17) is 5.73 Å². The Morgan fingerprint density at radius 2 is 1.86 bits per heavy atom. The average molecular weight is 293 g/mol. The third kappa shape index (κ3) is 2.80. The molecule has 3 rings (SSSR count). The number of para-hydroxylation sites is 1. The summed E-state index contributed by atoms with van der Waals surface area (Å²) in [5, 5.41) is 7.49. The topological polar surface area (TPSA) is 85.8 Å². The molecule has 110 valence electrons. The molecule has 22 heavy (non-hydrogen) atoms. The van der Waals surface area contributed by atoms with Crippen molar-refractivity contribution >= 4 is 11.7 Å². The molecule has 0 atom stereocenters. The molecule has 1 amide bonds. The lowest BCUT2D eigenvalue weighted by Crippen LogP contribution is -2.15. The number of nitrogens with zero attached hydrogens (tertiary/aromatic N) is 3. The fourth-order valence-electron chi connectivity index (χ4n) is 2.15. The molecule has 1 aromatic carbocycles. The fraction of sp³-hybridized carbons (Fsp3) is 0.0625. The summed E-state index contributed by atoms with van der Waals surface area (Å²) in [6, 6.07) is 13.4. The van der Waals surface area contributed by atoms with Crippen molar-refractivity contribution < 1.29 is 4.79 Å². The van der Waals surface area contributed by atoms with E-state index in [0.29, 0.717) is 17.9 Å². The van der Waals surface area contributed by atoms with Crippen molar-refractivity contribution in [1.29, 1.82) is 0 Å². The number of carbonyl (C=O) groups excluding carboxylic acids is 1. The van der Waals surface area contributed by atoms with Crippen LogP contribution >= 0.6 is 0 Å². The first-order chi connectivity index (χ1) is 10.8. The second-order valence-electron chi connectivity index (χ2n) is 4.73. The maximum Gasteiger partial charge on any atom is 0.254 e. The average Bonchev–Trinajstić information content (AvgIpc) is 2.99. The second-order valence-corrected chi connectivity index (χ2v) is 4.73. The maximum absolute atomic E-state index is 11.6. The van der Waals surface area contributed by atoms with Crippen LogP contribution in [-0.4, -0.2) is 20.7 Å².